The summed E-state index contributed by atoms with van der Waals surface area (Å²) in [6, 6.07) is 0.195. The van der Waals surface area contributed by atoms with Gasteiger partial charge in [-0.1, -0.05) is 20.8 Å². The van der Waals surface area contributed by atoms with E-state index in [2.05, 4.69) is 32.4 Å². The summed E-state index contributed by atoms with van der Waals surface area (Å²) in [7, 11) is 1.93. The number of carbonyl (C=O) groups excluding carboxylic acids is 1. The molecule has 7 nitrogen and oxygen atoms in total. The Morgan fingerprint density at radius 2 is 2.04 bits per heavy atom. The number of rotatable bonds is 4. The number of fused-ring (bicyclic) bond motifs is 1. The molecule has 1 aromatic heterocycles. The van der Waals surface area contributed by atoms with Crippen molar-refractivity contribution in [3.63, 3.8) is 0 Å². The van der Waals surface area contributed by atoms with Crippen molar-refractivity contribution in [1.29, 1.82) is 0 Å². The third-order valence-corrected chi connectivity index (χ3v) is 4.71. The standard InChI is InChI=1S/C16H26N6O/c1-6-22-7-11(8-22)18-16-17-10(4)12-14(20-16)21(5)13(9(2)3)15(23)19-12/h9,11,13H,6-8H2,1-5H3,(H,19,23)(H,17,18,20)/t13-/m0/s1. The van der Waals surface area contributed by atoms with Crippen LogP contribution >= 0.6 is 0 Å². The number of aromatic nitrogens is 2. The molecule has 3 rings (SSSR count). The maximum Gasteiger partial charge on any atom is 0.247 e. The van der Waals surface area contributed by atoms with Gasteiger partial charge < -0.3 is 15.5 Å². The van der Waals surface area contributed by atoms with E-state index >= 15 is 0 Å². The summed E-state index contributed by atoms with van der Waals surface area (Å²) in [4.78, 5) is 25.8. The zero-order valence-electron chi connectivity index (χ0n) is 14.6. The molecule has 2 aliphatic rings. The summed E-state index contributed by atoms with van der Waals surface area (Å²) in [6.45, 7) is 11.3. The van der Waals surface area contributed by atoms with Crippen molar-refractivity contribution in [2.75, 3.05) is 42.2 Å². The van der Waals surface area contributed by atoms with Crippen LogP contribution in [0.5, 0.6) is 0 Å². The summed E-state index contributed by atoms with van der Waals surface area (Å²) in [5.41, 5.74) is 1.52. The SMILES string of the molecule is CCN1CC(Nc2nc(C)c3c(n2)N(C)[C@@H](C(C)C)C(=O)N3)C1. The second-order valence-corrected chi connectivity index (χ2v) is 6.81. The van der Waals surface area contributed by atoms with E-state index in [1.807, 2.05) is 32.7 Å². The summed E-state index contributed by atoms with van der Waals surface area (Å²) >= 11 is 0. The molecule has 0 radical (unpaired) electrons. The number of nitrogens with zero attached hydrogens (tertiary/aromatic N) is 4. The van der Waals surface area contributed by atoms with E-state index < -0.39 is 0 Å². The molecule has 1 atom stereocenters. The summed E-state index contributed by atoms with van der Waals surface area (Å²) in [5, 5.41) is 6.38. The molecule has 1 saturated heterocycles. The minimum atomic E-state index is -0.205. The highest BCUT2D eigenvalue weighted by Crippen LogP contribution is 2.34. The van der Waals surface area contributed by atoms with Gasteiger partial charge >= 0.3 is 0 Å². The smallest absolute Gasteiger partial charge is 0.247 e. The molecule has 1 aromatic rings. The lowest BCUT2D eigenvalue weighted by molar-refractivity contribution is -0.118. The highest BCUT2D eigenvalue weighted by Gasteiger charge is 2.35. The summed E-state index contributed by atoms with van der Waals surface area (Å²) < 4.78 is 0. The van der Waals surface area contributed by atoms with E-state index in [1.165, 1.54) is 0 Å². The fourth-order valence-electron chi connectivity index (χ4n) is 3.38. The van der Waals surface area contributed by atoms with Crippen molar-refractivity contribution < 1.29 is 4.79 Å². The van der Waals surface area contributed by atoms with Gasteiger partial charge in [-0.25, -0.2) is 4.98 Å². The lowest BCUT2D eigenvalue weighted by atomic mass is 9.99. The molecule has 0 spiro atoms. The van der Waals surface area contributed by atoms with Gasteiger partial charge in [-0.2, -0.15) is 4.98 Å². The fourth-order valence-corrected chi connectivity index (χ4v) is 3.38. The molecular weight excluding hydrogens is 292 g/mol. The molecule has 2 aliphatic heterocycles. The lowest BCUT2D eigenvalue weighted by Crippen LogP contribution is -2.54. The Morgan fingerprint density at radius 3 is 2.65 bits per heavy atom. The van der Waals surface area contributed by atoms with Gasteiger partial charge in [-0.3, -0.25) is 9.69 Å². The topological polar surface area (TPSA) is 73.4 Å². The maximum absolute atomic E-state index is 12.3. The molecule has 7 heteroatoms. The molecule has 3 heterocycles. The van der Waals surface area contributed by atoms with Crippen LogP contribution in [0.4, 0.5) is 17.5 Å². The third-order valence-electron chi connectivity index (χ3n) is 4.71. The minimum Gasteiger partial charge on any atom is -0.349 e. The zero-order chi connectivity index (χ0) is 16.7. The van der Waals surface area contributed by atoms with Gasteiger partial charge in [0.05, 0.1) is 11.7 Å². The van der Waals surface area contributed by atoms with Crippen LogP contribution in [0.25, 0.3) is 0 Å². The third kappa shape index (κ3) is 2.85. The Labute approximate surface area is 137 Å². The van der Waals surface area contributed by atoms with Gasteiger partial charge in [-0.15, -0.1) is 0 Å². The summed E-state index contributed by atoms with van der Waals surface area (Å²) in [5.74, 6) is 1.67. The molecule has 0 aromatic carbocycles. The Morgan fingerprint density at radius 1 is 1.35 bits per heavy atom. The number of hydrogen-bond donors (Lipinski definition) is 2. The van der Waals surface area contributed by atoms with Crippen molar-refractivity contribution in [3.05, 3.63) is 5.69 Å². The predicted octanol–water partition coefficient (Wildman–Crippen LogP) is 1.31. The van der Waals surface area contributed by atoms with Crippen LogP contribution in [0.2, 0.25) is 0 Å². The molecule has 0 aliphatic carbocycles. The van der Waals surface area contributed by atoms with E-state index in [0.29, 0.717) is 12.0 Å². The quantitative estimate of drug-likeness (QED) is 0.872. The van der Waals surface area contributed by atoms with Crippen LogP contribution in [0.3, 0.4) is 0 Å². The molecule has 23 heavy (non-hydrogen) atoms. The predicted molar refractivity (Wildman–Crippen MR) is 92.0 cm³/mol. The Hall–Kier alpha value is -1.89. The monoisotopic (exact) mass is 318 g/mol. The van der Waals surface area contributed by atoms with Crippen molar-refractivity contribution in [2.24, 2.45) is 5.92 Å². The van der Waals surface area contributed by atoms with Crippen LogP contribution in [0.1, 0.15) is 26.5 Å². The van der Waals surface area contributed by atoms with Crippen molar-refractivity contribution in [3.8, 4) is 0 Å². The number of aryl methyl sites for hydroxylation is 1. The normalized spacial score (nSPS) is 21.9. The van der Waals surface area contributed by atoms with Gasteiger partial charge in [0.25, 0.3) is 0 Å². The Balaban J connectivity index is 1.84. The van der Waals surface area contributed by atoms with Crippen molar-refractivity contribution in [2.45, 2.75) is 39.8 Å². The molecule has 126 valence electrons. The first kappa shape index (κ1) is 16.0. The molecule has 2 N–H and O–H groups in total. The van der Waals surface area contributed by atoms with E-state index in [9.17, 15) is 4.79 Å². The Bertz CT molecular complexity index is 611. The number of amides is 1. The van der Waals surface area contributed by atoms with Gasteiger partial charge in [-0.05, 0) is 19.4 Å². The molecule has 0 bridgehead atoms. The van der Waals surface area contributed by atoms with Crippen LogP contribution < -0.4 is 15.5 Å². The highest BCUT2D eigenvalue weighted by molar-refractivity contribution is 6.03. The van der Waals surface area contributed by atoms with Crippen molar-refractivity contribution in [1.82, 2.24) is 14.9 Å². The largest absolute Gasteiger partial charge is 0.349 e. The summed E-state index contributed by atoms with van der Waals surface area (Å²) in [6.07, 6.45) is 0. The number of likely N-dealkylation sites (N-methyl/N-ethyl adjacent to an activating group) is 2. The lowest BCUT2D eigenvalue weighted by Gasteiger charge is -2.39. The molecule has 0 saturated carbocycles. The van der Waals surface area contributed by atoms with Gasteiger partial charge in [0.1, 0.15) is 11.7 Å². The molecular formula is C16H26N6O. The number of anilines is 3. The molecule has 0 unspecified atom stereocenters. The average molecular weight is 318 g/mol. The van der Waals surface area contributed by atoms with E-state index in [-0.39, 0.29) is 17.9 Å². The van der Waals surface area contributed by atoms with E-state index in [0.717, 1.165) is 36.8 Å². The minimum absolute atomic E-state index is 0.0139. The Kier molecular flexibility index (Phi) is 4.14. The van der Waals surface area contributed by atoms with E-state index in [1.54, 1.807) is 0 Å². The first-order valence-electron chi connectivity index (χ1n) is 8.32. The molecule has 1 fully saturated rings. The van der Waals surface area contributed by atoms with Crippen LogP contribution in [-0.4, -0.2) is 59.5 Å². The number of carbonyl (C=O) groups is 1. The highest BCUT2D eigenvalue weighted by atomic mass is 16.2. The van der Waals surface area contributed by atoms with Gasteiger partial charge in [0, 0.05) is 20.1 Å². The van der Waals surface area contributed by atoms with E-state index in [4.69, 9.17) is 0 Å². The number of likely N-dealkylation sites (tertiary alicyclic amines) is 1. The van der Waals surface area contributed by atoms with Crippen LogP contribution in [0.15, 0.2) is 0 Å². The number of hydrogen-bond acceptors (Lipinski definition) is 6. The second-order valence-electron chi connectivity index (χ2n) is 6.81. The van der Waals surface area contributed by atoms with Crippen molar-refractivity contribution >= 4 is 23.4 Å². The number of nitrogens with one attached hydrogen (secondary N) is 2. The second kappa shape index (κ2) is 5.96. The first-order chi connectivity index (χ1) is 10.9. The van der Waals surface area contributed by atoms with Gasteiger partial charge in [0.15, 0.2) is 5.82 Å². The average Bonchev–Trinajstić information content (AvgIpc) is 2.43. The van der Waals surface area contributed by atoms with Gasteiger partial charge in [0.2, 0.25) is 11.9 Å². The maximum atomic E-state index is 12.3. The van der Waals surface area contributed by atoms with Crippen LogP contribution in [0, 0.1) is 12.8 Å². The molecule has 1 amide bonds. The first-order valence-corrected chi connectivity index (χ1v) is 8.32. The zero-order valence-corrected chi connectivity index (χ0v) is 14.6. The van der Waals surface area contributed by atoms with Crippen LogP contribution in [-0.2, 0) is 4.79 Å². The fraction of sp³-hybridized carbons (Fsp3) is 0.688.